The molecule has 0 aliphatic carbocycles. The smallest absolute Gasteiger partial charge is 0.281 e. The van der Waals surface area contributed by atoms with E-state index in [2.05, 4.69) is 5.32 Å². The molecule has 3 rings (SSSR count). The molecule has 25 heavy (non-hydrogen) atoms. The first-order chi connectivity index (χ1) is 11.9. The molecule has 0 atom stereocenters. The molecule has 2 aromatic carbocycles. The normalized spacial score (nSPS) is 15.7. The van der Waals surface area contributed by atoms with Gasteiger partial charge in [-0.15, -0.1) is 0 Å². The summed E-state index contributed by atoms with van der Waals surface area (Å²) in [6, 6.07) is 9.64. The number of amides is 1. The summed E-state index contributed by atoms with van der Waals surface area (Å²) < 4.78 is 18.7. The number of rotatable bonds is 3. The van der Waals surface area contributed by atoms with Crippen LogP contribution in [0.3, 0.4) is 0 Å². The minimum absolute atomic E-state index is 0.141. The minimum Gasteiger partial charge on any atom is -0.494 e. The third-order valence-corrected chi connectivity index (χ3v) is 4.28. The Labute approximate surface area is 154 Å². The van der Waals surface area contributed by atoms with E-state index in [1.807, 2.05) is 6.92 Å². The van der Waals surface area contributed by atoms with Crippen molar-refractivity contribution in [3.8, 4) is 5.75 Å². The highest BCUT2D eigenvalue weighted by molar-refractivity contribution is 7.80. The van der Waals surface area contributed by atoms with Crippen LogP contribution in [0.4, 0.5) is 10.1 Å². The molecular formula is C18H14ClFN2O2S. The highest BCUT2D eigenvalue weighted by atomic mass is 35.5. The molecule has 2 aromatic rings. The van der Waals surface area contributed by atoms with E-state index in [4.69, 9.17) is 28.6 Å². The Balaban J connectivity index is 1.94. The van der Waals surface area contributed by atoms with Crippen molar-refractivity contribution in [3.63, 3.8) is 0 Å². The number of halogens is 2. The van der Waals surface area contributed by atoms with Gasteiger partial charge in [0.25, 0.3) is 5.91 Å². The number of ether oxygens (including phenoxy) is 1. The fourth-order valence-corrected chi connectivity index (χ4v) is 3.08. The molecule has 0 saturated carbocycles. The van der Waals surface area contributed by atoms with E-state index in [9.17, 15) is 9.18 Å². The van der Waals surface area contributed by atoms with Gasteiger partial charge in [0.1, 0.15) is 5.70 Å². The topological polar surface area (TPSA) is 41.6 Å². The Morgan fingerprint density at radius 3 is 2.68 bits per heavy atom. The largest absolute Gasteiger partial charge is 0.494 e. The van der Waals surface area contributed by atoms with Gasteiger partial charge in [0.05, 0.1) is 12.8 Å². The lowest BCUT2D eigenvalue weighted by Gasteiger charge is -2.16. The fourth-order valence-electron chi connectivity index (χ4n) is 2.56. The van der Waals surface area contributed by atoms with Crippen LogP contribution in [0, 0.1) is 12.7 Å². The first-order valence-corrected chi connectivity index (χ1v) is 8.16. The van der Waals surface area contributed by atoms with Crippen LogP contribution >= 0.6 is 23.8 Å². The summed E-state index contributed by atoms with van der Waals surface area (Å²) in [4.78, 5) is 14.1. The number of hydrogen-bond donors (Lipinski definition) is 1. The van der Waals surface area contributed by atoms with Gasteiger partial charge in [-0.25, -0.2) is 4.39 Å². The van der Waals surface area contributed by atoms with Crippen molar-refractivity contribution >= 4 is 46.6 Å². The van der Waals surface area contributed by atoms with Gasteiger partial charge in [0.2, 0.25) is 0 Å². The maximum Gasteiger partial charge on any atom is 0.281 e. The lowest BCUT2D eigenvalue weighted by atomic mass is 10.1. The van der Waals surface area contributed by atoms with E-state index >= 15 is 0 Å². The standard InChI is InChI=1S/C18H14ClFN2O2S/c1-10-7-12(19)4-5-15(10)22-17(23)14(21-18(22)25)9-11-3-6-16(24-2)13(20)8-11/h3-9H,1-2H3,(H,21,25)/b14-9-. The predicted octanol–water partition coefficient (Wildman–Crippen LogP) is 4.06. The molecule has 0 unspecified atom stereocenters. The van der Waals surface area contributed by atoms with Crippen LogP contribution < -0.4 is 15.0 Å². The molecule has 1 aliphatic rings. The van der Waals surface area contributed by atoms with Crippen LogP contribution in [0.5, 0.6) is 5.75 Å². The SMILES string of the molecule is COc1ccc(/C=C2\NC(=S)N(c3ccc(Cl)cc3C)C2=O)cc1F. The average Bonchev–Trinajstić information content (AvgIpc) is 2.82. The Bertz CT molecular complexity index is 914. The third kappa shape index (κ3) is 3.36. The Hall–Kier alpha value is -2.44. The second kappa shape index (κ2) is 6.82. The molecule has 1 fully saturated rings. The number of aryl methyl sites for hydroxylation is 1. The highest BCUT2D eigenvalue weighted by Crippen LogP contribution is 2.28. The van der Waals surface area contributed by atoms with Gasteiger partial charge >= 0.3 is 0 Å². The van der Waals surface area contributed by atoms with Crippen molar-refractivity contribution in [1.82, 2.24) is 5.32 Å². The van der Waals surface area contributed by atoms with Crippen LogP contribution in [0.25, 0.3) is 6.08 Å². The number of carbonyl (C=O) groups excluding carboxylic acids is 1. The zero-order chi connectivity index (χ0) is 18.1. The van der Waals surface area contributed by atoms with E-state index in [-0.39, 0.29) is 22.5 Å². The average molecular weight is 377 g/mol. The summed E-state index contributed by atoms with van der Waals surface area (Å²) >= 11 is 11.2. The Kier molecular flexibility index (Phi) is 4.74. The van der Waals surface area contributed by atoms with Crippen molar-refractivity contribution < 1.29 is 13.9 Å². The van der Waals surface area contributed by atoms with E-state index < -0.39 is 5.82 Å². The molecular weight excluding hydrogens is 363 g/mol. The Morgan fingerprint density at radius 2 is 2.04 bits per heavy atom. The second-order valence-corrected chi connectivity index (χ2v) is 6.28. The van der Waals surface area contributed by atoms with Gasteiger partial charge in [0.15, 0.2) is 16.7 Å². The summed E-state index contributed by atoms with van der Waals surface area (Å²) in [5, 5.41) is 3.71. The summed E-state index contributed by atoms with van der Waals surface area (Å²) in [5.41, 5.74) is 2.26. The number of methoxy groups -OCH3 is 1. The molecule has 0 spiro atoms. The molecule has 0 bridgehead atoms. The van der Waals surface area contributed by atoms with E-state index in [0.717, 1.165) is 5.56 Å². The van der Waals surface area contributed by atoms with Crippen molar-refractivity contribution in [2.45, 2.75) is 6.92 Å². The third-order valence-electron chi connectivity index (χ3n) is 3.76. The first kappa shape index (κ1) is 17.4. The van der Waals surface area contributed by atoms with Gasteiger partial charge in [-0.2, -0.15) is 0 Å². The number of carbonyl (C=O) groups is 1. The van der Waals surface area contributed by atoms with Gasteiger partial charge in [0, 0.05) is 5.02 Å². The number of thiocarbonyl (C=S) groups is 1. The number of nitrogens with one attached hydrogen (secondary N) is 1. The molecule has 4 nitrogen and oxygen atoms in total. The lowest BCUT2D eigenvalue weighted by molar-refractivity contribution is -0.113. The second-order valence-electron chi connectivity index (χ2n) is 5.45. The molecule has 1 amide bonds. The zero-order valence-corrected chi connectivity index (χ0v) is 15.0. The molecule has 7 heteroatoms. The number of nitrogens with zero attached hydrogens (tertiary/aromatic N) is 1. The van der Waals surface area contributed by atoms with E-state index in [1.54, 1.807) is 30.3 Å². The number of benzene rings is 2. The Morgan fingerprint density at radius 1 is 1.28 bits per heavy atom. The first-order valence-electron chi connectivity index (χ1n) is 7.37. The minimum atomic E-state index is -0.504. The van der Waals surface area contributed by atoms with Crippen LogP contribution in [0.1, 0.15) is 11.1 Å². The molecule has 1 N–H and O–H groups in total. The maximum absolute atomic E-state index is 13.8. The molecule has 1 heterocycles. The van der Waals surface area contributed by atoms with Crippen LogP contribution in [-0.2, 0) is 4.79 Å². The summed E-state index contributed by atoms with van der Waals surface area (Å²) in [6.45, 7) is 1.84. The summed E-state index contributed by atoms with van der Waals surface area (Å²) in [7, 11) is 1.39. The molecule has 128 valence electrons. The predicted molar refractivity (Wildman–Crippen MR) is 100 cm³/mol. The monoisotopic (exact) mass is 376 g/mol. The van der Waals surface area contributed by atoms with Crippen molar-refractivity contribution in [3.05, 3.63) is 64.1 Å². The van der Waals surface area contributed by atoms with Crippen LogP contribution in [0.2, 0.25) is 5.02 Å². The van der Waals surface area contributed by atoms with E-state index in [0.29, 0.717) is 16.3 Å². The lowest BCUT2D eigenvalue weighted by Crippen LogP contribution is -2.30. The van der Waals surface area contributed by atoms with Gasteiger partial charge in [-0.05, 0) is 66.7 Å². The molecule has 1 aliphatic heterocycles. The summed E-state index contributed by atoms with van der Waals surface area (Å²) in [6.07, 6.45) is 1.54. The van der Waals surface area contributed by atoms with Crippen LogP contribution in [-0.4, -0.2) is 18.1 Å². The number of hydrogen-bond acceptors (Lipinski definition) is 3. The quantitative estimate of drug-likeness (QED) is 0.648. The van der Waals surface area contributed by atoms with Gasteiger partial charge in [-0.3, -0.25) is 9.69 Å². The van der Waals surface area contributed by atoms with Gasteiger partial charge in [-0.1, -0.05) is 17.7 Å². The van der Waals surface area contributed by atoms with Crippen molar-refractivity contribution in [2.24, 2.45) is 0 Å². The highest BCUT2D eigenvalue weighted by Gasteiger charge is 2.32. The van der Waals surface area contributed by atoms with E-state index in [1.165, 1.54) is 24.1 Å². The molecule has 0 radical (unpaired) electrons. The van der Waals surface area contributed by atoms with Crippen molar-refractivity contribution in [1.29, 1.82) is 0 Å². The zero-order valence-electron chi connectivity index (χ0n) is 13.5. The fraction of sp³-hybridized carbons (Fsp3) is 0.111. The molecule has 0 aromatic heterocycles. The number of anilines is 1. The van der Waals surface area contributed by atoms with Crippen LogP contribution in [0.15, 0.2) is 42.1 Å². The van der Waals surface area contributed by atoms with Crippen molar-refractivity contribution in [2.75, 3.05) is 12.0 Å². The molecule has 1 saturated heterocycles. The summed E-state index contributed by atoms with van der Waals surface area (Å²) in [5.74, 6) is -0.677. The van der Waals surface area contributed by atoms with Gasteiger partial charge < -0.3 is 10.1 Å². The maximum atomic E-state index is 13.8.